The number of amides is 4. The molecule has 4 N–H and O–H groups in total. The first kappa shape index (κ1) is 30.9. The van der Waals surface area contributed by atoms with E-state index in [1.807, 2.05) is 12.1 Å². The zero-order valence-corrected chi connectivity index (χ0v) is 22.6. The number of nitrogens with one attached hydrogen (secondary N) is 4. The molecule has 2 aromatic carbocycles. The minimum absolute atomic E-state index is 0.316. The zero-order valence-electron chi connectivity index (χ0n) is 22.6. The highest BCUT2D eigenvalue weighted by molar-refractivity contribution is 6.06. The number of carbonyl (C=O) groups excluding carboxylic acids is 4. The number of carbonyl (C=O) groups is 4. The fourth-order valence-electron chi connectivity index (χ4n) is 3.90. The molecule has 0 spiro atoms. The second-order valence-corrected chi connectivity index (χ2v) is 9.55. The Morgan fingerprint density at radius 3 is 1.18 bits per heavy atom. The van der Waals surface area contributed by atoms with E-state index in [0.29, 0.717) is 11.1 Å². The molecule has 38 heavy (non-hydrogen) atoms. The lowest BCUT2D eigenvalue weighted by molar-refractivity contribution is -0.122. The summed E-state index contributed by atoms with van der Waals surface area (Å²) in [7, 11) is 0. The average molecular weight is 523 g/mol. The van der Waals surface area contributed by atoms with E-state index in [2.05, 4.69) is 21.3 Å². The molecule has 0 aliphatic heterocycles. The quantitative estimate of drug-likeness (QED) is 0.234. The molecule has 8 heteroatoms. The molecule has 0 aliphatic rings. The van der Waals surface area contributed by atoms with Crippen LogP contribution < -0.4 is 21.3 Å². The van der Waals surface area contributed by atoms with E-state index in [-0.39, 0.29) is 23.6 Å². The van der Waals surface area contributed by atoms with E-state index in [1.54, 1.807) is 62.4 Å². The van der Waals surface area contributed by atoms with E-state index in [1.165, 1.54) is 12.8 Å². The lowest BCUT2D eigenvalue weighted by Gasteiger charge is -2.13. The molecule has 2 unspecified atom stereocenters. The van der Waals surface area contributed by atoms with Gasteiger partial charge in [0.05, 0.1) is 12.1 Å². The minimum Gasteiger partial charge on any atom is -0.306 e. The van der Waals surface area contributed by atoms with Crippen LogP contribution in [0.5, 0.6) is 0 Å². The molecular weight excluding hydrogens is 480 g/mol. The fourth-order valence-corrected chi connectivity index (χ4v) is 3.90. The Labute approximate surface area is 226 Å². The maximum absolute atomic E-state index is 12.2. The Bertz CT molecular complexity index is 916. The molecule has 2 aromatic rings. The van der Waals surface area contributed by atoms with E-state index < -0.39 is 12.1 Å². The lowest BCUT2D eigenvalue weighted by atomic mass is 10.1. The largest absolute Gasteiger partial charge is 0.306 e. The van der Waals surface area contributed by atoms with Crippen molar-refractivity contribution in [3.63, 3.8) is 0 Å². The van der Waals surface area contributed by atoms with Gasteiger partial charge in [0, 0.05) is 11.1 Å². The Morgan fingerprint density at radius 2 is 0.842 bits per heavy atom. The first-order valence-electron chi connectivity index (χ1n) is 13.7. The van der Waals surface area contributed by atoms with Gasteiger partial charge in [-0.15, -0.1) is 0 Å². The molecule has 0 saturated carbocycles. The Morgan fingerprint density at radius 1 is 0.526 bits per heavy atom. The second kappa shape index (κ2) is 18.0. The van der Waals surface area contributed by atoms with Gasteiger partial charge in [0.15, 0.2) is 0 Å². The number of hydrogen-bond donors (Lipinski definition) is 4. The Hall–Kier alpha value is -3.36. The van der Waals surface area contributed by atoms with Gasteiger partial charge in [-0.05, 0) is 64.0 Å². The third kappa shape index (κ3) is 12.3. The molecule has 0 aliphatic carbocycles. The number of rotatable bonds is 17. The molecule has 8 nitrogen and oxygen atoms in total. The van der Waals surface area contributed by atoms with E-state index in [4.69, 9.17) is 0 Å². The van der Waals surface area contributed by atoms with Crippen molar-refractivity contribution in [2.75, 3.05) is 13.1 Å². The highest BCUT2D eigenvalue weighted by Gasteiger charge is 2.17. The van der Waals surface area contributed by atoms with Crippen molar-refractivity contribution in [3.05, 3.63) is 71.8 Å². The standard InChI is InChI=1S/C30H42N4O4/c1-23(27(35)33-29(37)25-17-11-9-12-18-25)31-21-15-7-5-3-4-6-8-16-22-32-24(2)28(36)34-30(38)26-19-13-10-14-20-26/h9-14,17-20,23-24,31-32H,3-8,15-16,21-22H2,1-2H3,(H,33,35,37)(H,34,36,38). The van der Waals surface area contributed by atoms with Crippen molar-refractivity contribution in [3.8, 4) is 0 Å². The predicted octanol–water partition coefficient (Wildman–Crippen LogP) is 3.98. The summed E-state index contributed by atoms with van der Waals surface area (Å²) in [5, 5.41) is 11.2. The summed E-state index contributed by atoms with van der Waals surface area (Å²) in [5.41, 5.74) is 0.942. The van der Waals surface area contributed by atoms with Crippen LogP contribution in [0.15, 0.2) is 60.7 Å². The average Bonchev–Trinajstić information content (AvgIpc) is 2.94. The molecular formula is C30H42N4O4. The van der Waals surface area contributed by atoms with Crippen LogP contribution in [0, 0.1) is 0 Å². The molecule has 2 rings (SSSR count). The summed E-state index contributed by atoms with van der Waals surface area (Å²) < 4.78 is 0. The summed E-state index contributed by atoms with van der Waals surface area (Å²) in [6.07, 6.45) is 8.83. The summed E-state index contributed by atoms with van der Waals surface area (Å²) in [4.78, 5) is 48.5. The van der Waals surface area contributed by atoms with Gasteiger partial charge in [0.2, 0.25) is 11.8 Å². The number of benzene rings is 2. The summed E-state index contributed by atoms with van der Waals surface area (Å²) in [6, 6.07) is 16.6. The maximum Gasteiger partial charge on any atom is 0.257 e. The van der Waals surface area contributed by atoms with Crippen LogP contribution in [-0.2, 0) is 9.59 Å². The van der Waals surface area contributed by atoms with Crippen molar-refractivity contribution >= 4 is 23.6 Å². The first-order chi connectivity index (χ1) is 18.4. The van der Waals surface area contributed by atoms with Crippen molar-refractivity contribution in [2.45, 2.75) is 77.3 Å². The van der Waals surface area contributed by atoms with Crippen molar-refractivity contribution in [1.29, 1.82) is 0 Å². The highest BCUT2D eigenvalue weighted by atomic mass is 16.2. The van der Waals surface area contributed by atoms with Gasteiger partial charge in [-0.3, -0.25) is 29.8 Å². The van der Waals surface area contributed by atoms with Crippen molar-refractivity contribution in [1.82, 2.24) is 21.3 Å². The summed E-state index contributed by atoms with van der Waals surface area (Å²) in [6.45, 7) is 5.00. The van der Waals surface area contributed by atoms with Crippen molar-refractivity contribution < 1.29 is 19.2 Å². The molecule has 2 atom stereocenters. The maximum atomic E-state index is 12.2. The van der Waals surface area contributed by atoms with Crippen LogP contribution in [0.2, 0.25) is 0 Å². The van der Waals surface area contributed by atoms with Gasteiger partial charge in [-0.2, -0.15) is 0 Å². The van der Waals surface area contributed by atoms with E-state index >= 15 is 0 Å². The summed E-state index contributed by atoms with van der Waals surface area (Å²) >= 11 is 0. The normalized spacial score (nSPS) is 12.4. The van der Waals surface area contributed by atoms with Crippen molar-refractivity contribution in [2.24, 2.45) is 0 Å². The van der Waals surface area contributed by atoms with Gasteiger partial charge in [-0.1, -0.05) is 74.9 Å². The molecule has 0 heterocycles. The van der Waals surface area contributed by atoms with Gasteiger partial charge < -0.3 is 10.6 Å². The van der Waals surface area contributed by atoms with Crippen LogP contribution in [0.3, 0.4) is 0 Å². The van der Waals surface area contributed by atoms with E-state index in [9.17, 15) is 19.2 Å². The van der Waals surface area contributed by atoms with Gasteiger partial charge >= 0.3 is 0 Å². The van der Waals surface area contributed by atoms with Gasteiger partial charge in [-0.25, -0.2) is 0 Å². The number of hydrogen-bond acceptors (Lipinski definition) is 6. The number of imide groups is 2. The van der Waals surface area contributed by atoms with Crippen LogP contribution in [-0.4, -0.2) is 48.8 Å². The molecule has 0 radical (unpaired) electrons. The molecule has 0 saturated heterocycles. The zero-order chi connectivity index (χ0) is 27.6. The van der Waals surface area contributed by atoms with Crippen LogP contribution >= 0.6 is 0 Å². The van der Waals surface area contributed by atoms with Crippen LogP contribution in [0.25, 0.3) is 0 Å². The van der Waals surface area contributed by atoms with E-state index in [0.717, 1.165) is 51.6 Å². The smallest absolute Gasteiger partial charge is 0.257 e. The summed E-state index contributed by atoms with van der Waals surface area (Å²) in [5.74, 6) is -1.39. The SMILES string of the molecule is CC(NCCCCCCCCCCNC(C)C(=O)NC(=O)c1ccccc1)C(=O)NC(=O)c1ccccc1. The second-order valence-electron chi connectivity index (χ2n) is 9.55. The minimum atomic E-state index is -0.422. The predicted molar refractivity (Wildman–Crippen MR) is 150 cm³/mol. The fraction of sp³-hybridized carbons (Fsp3) is 0.467. The van der Waals surface area contributed by atoms with Gasteiger partial charge in [0.1, 0.15) is 0 Å². The molecule has 4 amide bonds. The molecule has 206 valence electrons. The Kier molecular flexibility index (Phi) is 14.6. The monoisotopic (exact) mass is 522 g/mol. The first-order valence-corrected chi connectivity index (χ1v) is 13.7. The third-order valence-electron chi connectivity index (χ3n) is 6.34. The van der Waals surface area contributed by atoms with Gasteiger partial charge in [0.25, 0.3) is 11.8 Å². The van der Waals surface area contributed by atoms with Crippen LogP contribution in [0.4, 0.5) is 0 Å². The molecule has 0 fully saturated rings. The Balaban J connectivity index is 1.40. The molecule has 0 bridgehead atoms. The van der Waals surface area contributed by atoms with Crippen LogP contribution in [0.1, 0.15) is 85.9 Å². The topological polar surface area (TPSA) is 116 Å². The lowest BCUT2D eigenvalue weighted by Crippen LogP contribution is -2.44. The highest BCUT2D eigenvalue weighted by Crippen LogP contribution is 2.08. The molecule has 0 aromatic heterocycles. The number of unbranched alkanes of at least 4 members (excludes halogenated alkanes) is 7. The third-order valence-corrected chi connectivity index (χ3v) is 6.34.